The number of morpholine rings is 1. The fourth-order valence-corrected chi connectivity index (χ4v) is 2.53. The van der Waals surface area contributed by atoms with Crippen molar-refractivity contribution < 1.29 is 19.6 Å². The normalized spacial score (nSPS) is 23.0. The molecule has 0 aliphatic carbocycles. The first kappa shape index (κ1) is 15.4. The second kappa shape index (κ2) is 6.19. The van der Waals surface area contributed by atoms with Crippen molar-refractivity contribution in [3.63, 3.8) is 0 Å². The van der Waals surface area contributed by atoms with Crippen LogP contribution >= 0.6 is 0 Å². The molecule has 1 aliphatic heterocycles. The lowest BCUT2D eigenvalue weighted by molar-refractivity contribution is -0.385. The third-order valence-electron chi connectivity index (χ3n) is 3.65. The second-order valence-electron chi connectivity index (χ2n) is 5.30. The van der Waals surface area contributed by atoms with Gasteiger partial charge in [0, 0.05) is 25.2 Å². The molecule has 0 radical (unpaired) electrons. The van der Waals surface area contributed by atoms with Crippen LogP contribution < -0.4 is 0 Å². The van der Waals surface area contributed by atoms with Gasteiger partial charge < -0.3 is 9.84 Å². The van der Waals surface area contributed by atoms with Crippen LogP contribution in [0.1, 0.15) is 29.8 Å². The van der Waals surface area contributed by atoms with Gasteiger partial charge in [0.25, 0.3) is 5.69 Å². The van der Waals surface area contributed by atoms with Crippen molar-refractivity contribution in [1.29, 1.82) is 0 Å². The molecule has 21 heavy (non-hydrogen) atoms. The first-order valence-electron chi connectivity index (χ1n) is 6.75. The minimum absolute atomic E-state index is 0.0631. The molecular weight excluding hydrogens is 276 g/mol. The predicted octanol–water partition coefficient (Wildman–Crippen LogP) is 1.90. The van der Waals surface area contributed by atoms with E-state index in [-0.39, 0.29) is 23.4 Å². The molecule has 0 amide bonds. The number of benzene rings is 1. The number of carbonyl (C=O) groups is 1. The molecule has 1 saturated heterocycles. The van der Waals surface area contributed by atoms with Crippen LogP contribution in [0.5, 0.6) is 0 Å². The van der Waals surface area contributed by atoms with Crippen LogP contribution in [0.25, 0.3) is 0 Å². The number of nitro benzene ring substituents is 1. The number of nitro groups is 1. The first-order chi connectivity index (χ1) is 9.90. The molecule has 1 aromatic carbocycles. The van der Waals surface area contributed by atoms with E-state index in [2.05, 4.69) is 4.90 Å². The summed E-state index contributed by atoms with van der Waals surface area (Å²) < 4.78 is 5.53. The minimum atomic E-state index is -1.27. The Morgan fingerprint density at radius 3 is 2.86 bits per heavy atom. The quantitative estimate of drug-likeness (QED) is 0.673. The number of aromatic carboxylic acids is 1. The zero-order valence-corrected chi connectivity index (χ0v) is 12.0. The average Bonchev–Trinajstić information content (AvgIpc) is 2.42. The molecule has 2 rings (SSSR count). The standard InChI is InChI=1S/C14H18N2O5/c1-9-8-21-10(2)6-15(9)7-11-4-3-5-12(16(19)20)13(11)14(17)18/h3-5,9-10H,6-8H2,1-2H3,(H,17,18). The van der Waals surface area contributed by atoms with Crippen molar-refractivity contribution in [3.8, 4) is 0 Å². The molecular formula is C14H18N2O5. The van der Waals surface area contributed by atoms with E-state index in [9.17, 15) is 20.0 Å². The van der Waals surface area contributed by atoms with Gasteiger partial charge in [-0.2, -0.15) is 0 Å². The average molecular weight is 294 g/mol. The van der Waals surface area contributed by atoms with E-state index < -0.39 is 10.9 Å². The Labute approximate surface area is 122 Å². The molecule has 0 aromatic heterocycles. The fourth-order valence-electron chi connectivity index (χ4n) is 2.53. The van der Waals surface area contributed by atoms with Crippen molar-refractivity contribution in [2.75, 3.05) is 13.2 Å². The van der Waals surface area contributed by atoms with Gasteiger partial charge in [-0.25, -0.2) is 4.79 Å². The summed E-state index contributed by atoms with van der Waals surface area (Å²) in [6.45, 7) is 5.54. The van der Waals surface area contributed by atoms with E-state index >= 15 is 0 Å². The summed E-state index contributed by atoms with van der Waals surface area (Å²) in [7, 11) is 0. The van der Waals surface area contributed by atoms with Crippen molar-refractivity contribution >= 4 is 11.7 Å². The van der Waals surface area contributed by atoms with Gasteiger partial charge in [-0.3, -0.25) is 15.0 Å². The number of ether oxygens (including phenoxy) is 1. The molecule has 1 fully saturated rings. The molecule has 1 aromatic rings. The molecule has 2 atom stereocenters. The Balaban J connectivity index is 2.33. The Hall–Kier alpha value is -1.99. The molecule has 7 heteroatoms. The maximum absolute atomic E-state index is 11.4. The van der Waals surface area contributed by atoms with Crippen LogP contribution in [0.4, 0.5) is 5.69 Å². The number of carboxylic acids is 1. The highest BCUT2D eigenvalue weighted by molar-refractivity contribution is 5.94. The molecule has 0 saturated carbocycles. The van der Waals surface area contributed by atoms with Crippen LogP contribution in [0.2, 0.25) is 0 Å². The lowest BCUT2D eigenvalue weighted by Gasteiger charge is -2.36. The maximum Gasteiger partial charge on any atom is 0.343 e. The Bertz CT molecular complexity index is 560. The predicted molar refractivity (Wildman–Crippen MR) is 75.3 cm³/mol. The van der Waals surface area contributed by atoms with Gasteiger partial charge in [0.05, 0.1) is 17.6 Å². The molecule has 7 nitrogen and oxygen atoms in total. The van der Waals surface area contributed by atoms with Crippen LogP contribution in [-0.2, 0) is 11.3 Å². The van der Waals surface area contributed by atoms with Crippen LogP contribution in [0, 0.1) is 10.1 Å². The van der Waals surface area contributed by atoms with Gasteiger partial charge in [-0.1, -0.05) is 12.1 Å². The Morgan fingerprint density at radius 1 is 1.52 bits per heavy atom. The fraction of sp³-hybridized carbons (Fsp3) is 0.500. The number of nitrogens with zero attached hydrogens (tertiary/aromatic N) is 2. The monoisotopic (exact) mass is 294 g/mol. The van der Waals surface area contributed by atoms with E-state index in [0.717, 1.165) is 0 Å². The van der Waals surface area contributed by atoms with Gasteiger partial charge in [0.1, 0.15) is 5.56 Å². The van der Waals surface area contributed by atoms with Gasteiger partial charge in [-0.15, -0.1) is 0 Å². The summed E-state index contributed by atoms with van der Waals surface area (Å²) in [5, 5.41) is 20.3. The number of carboxylic acid groups (broad SMARTS) is 1. The van der Waals surface area contributed by atoms with Gasteiger partial charge in [-0.05, 0) is 19.4 Å². The van der Waals surface area contributed by atoms with E-state index in [1.165, 1.54) is 12.1 Å². The molecule has 0 spiro atoms. The maximum atomic E-state index is 11.4. The van der Waals surface area contributed by atoms with Crippen LogP contribution in [0.15, 0.2) is 18.2 Å². The van der Waals surface area contributed by atoms with Gasteiger partial charge >= 0.3 is 5.97 Å². The molecule has 114 valence electrons. The third-order valence-corrected chi connectivity index (χ3v) is 3.65. The summed E-state index contributed by atoms with van der Waals surface area (Å²) >= 11 is 0. The van der Waals surface area contributed by atoms with Crippen molar-refractivity contribution in [2.24, 2.45) is 0 Å². The SMILES string of the molecule is CC1CN(Cc2cccc([N+](=O)[O-])c2C(=O)O)C(C)CO1. The van der Waals surface area contributed by atoms with E-state index in [1.807, 2.05) is 13.8 Å². The zero-order chi connectivity index (χ0) is 15.6. The Kier molecular flexibility index (Phi) is 4.54. The first-order valence-corrected chi connectivity index (χ1v) is 6.75. The highest BCUT2D eigenvalue weighted by Crippen LogP contribution is 2.25. The lowest BCUT2D eigenvalue weighted by Crippen LogP contribution is -2.46. The van der Waals surface area contributed by atoms with E-state index in [0.29, 0.717) is 25.3 Å². The van der Waals surface area contributed by atoms with Crippen molar-refractivity contribution in [2.45, 2.75) is 32.5 Å². The van der Waals surface area contributed by atoms with Gasteiger partial charge in [0.15, 0.2) is 0 Å². The number of hydrogen-bond donors (Lipinski definition) is 1. The van der Waals surface area contributed by atoms with E-state index in [4.69, 9.17) is 4.74 Å². The summed E-state index contributed by atoms with van der Waals surface area (Å²) in [5.41, 5.74) is -0.138. The minimum Gasteiger partial charge on any atom is -0.477 e. The van der Waals surface area contributed by atoms with Crippen LogP contribution in [0.3, 0.4) is 0 Å². The van der Waals surface area contributed by atoms with Crippen molar-refractivity contribution in [1.82, 2.24) is 4.90 Å². The van der Waals surface area contributed by atoms with Gasteiger partial charge in [0.2, 0.25) is 0 Å². The molecule has 0 bridgehead atoms. The summed E-state index contributed by atoms with van der Waals surface area (Å²) in [6.07, 6.45) is 0.0631. The highest BCUT2D eigenvalue weighted by atomic mass is 16.6. The Morgan fingerprint density at radius 2 is 2.24 bits per heavy atom. The molecule has 1 heterocycles. The number of rotatable bonds is 4. The molecule has 1 N–H and O–H groups in total. The molecule has 2 unspecified atom stereocenters. The lowest BCUT2D eigenvalue weighted by atomic mass is 10.0. The third kappa shape index (κ3) is 3.37. The zero-order valence-electron chi connectivity index (χ0n) is 12.0. The topological polar surface area (TPSA) is 92.9 Å². The smallest absolute Gasteiger partial charge is 0.343 e. The highest BCUT2D eigenvalue weighted by Gasteiger charge is 2.28. The van der Waals surface area contributed by atoms with E-state index in [1.54, 1.807) is 6.07 Å². The number of hydrogen-bond acceptors (Lipinski definition) is 5. The molecule has 1 aliphatic rings. The second-order valence-corrected chi connectivity index (χ2v) is 5.30. The largest absolute Gasteiger partial charge is 0.477 e. The summed E-state index contributed by atoms with van der Waals surface area (Å²) in [4.78, 5) is 23.8. The van der Waals surface area contributed by atoms with Crippen LogP contribution in [-0.4, -0.2) is 46.2 Å². The summed E-state index contributed by atoms with van der Waals surface area (Å²) in [6, 6.07) is 4.51. The van der Waals surface area contributed by atoms with Crippen molar-refractivity contribution in [3.05, 3.63) is 39.4 Å². The summed E-state index contributed by atoms with van der Waals surface area (Å²) in [5.74, 6) is -1.27.